The zero-order valence-electron chi connectivity index (χ0n) is 10.5. The van der Waals surface area contributed by atoms with Crippen LogP contribution in [0.5, 0.6) is 0 Å². The number of hydrogen-bond donors (Lipinski definition) is 1. The van der Waals surface area contributed by atoms with Crippen molar-refractivity contribution in [3.63, 3.8) is 0 Å². The number of amides is 1. The third-order valence-corrected chi connectivity index (χ3v) is 2.97. The lowest BCUT2D eigenvalue weighted by molar-refractivity contribution is -0.402. The summed E-state index contributed by atoms with van der Waals surface area (Å²) in [5, 5.41) is 13.8. The van der Waals surface area contributed by atoms with Crippen molar-refractivity contribution in [2.24, 2.45) is 0 Å². The van der Waals surface area contributed by atoms with Crippen LogP contribution in [0.2, 0.25) is 5.02 Å². The second-order valence-corrected chi connectivity index (χ2v) is 4.58. The summed E-state index contributed by atoms with van der Waals surface area (Å²) in [5.74, 6) is -1.08. The second-order valence-electron chi connectivity index (χ2n) is 4.14. The number of nitro groups is 1. The molecule has 1 atom stereocenters. The highest BCUT2D eigenvalue weighted by Crippen LogP contribution is 2.19. The Kier molecular flexibility index (Phi) is 4.05. The maximum Gasteiger partial charge on any atom is 0.433 e. The average Bonchev–Trinajstić information content (AvgIpc) is 2.89. The molecule has 1 aromatic carbocycles. The summed E-state index contributed by atoms with van der Waals surface area (Å²) in [6.07, 6.45) is 0. The van der Waals surface area contributed by atoms with Gasteiger partial charge in [-0.15, -0.1) is 0 Å². The van der Waals surface area contributed by atoms with Crippen molar-refractivity contribution in [3.05, 3.63) is 62.9 Å². The van der Waals surface area contributed by atoms with E-state index in [4.69, 9.17) is 16.0 Å². The molecule has 1 heterocycles. The van der Waals surface area contributed by atoms with Crippen molar-refractivity contribution in [1.29, 1.82) is 0 Å². The lowest BCUT2D eigenvalue weighted by atomic mass is 10.1. The SMILES string of the molecule is CC(NC(=O)c1ccc([N+](=O)[O-])o1)c1ccc(Cl)cc1. The molecule has 0 spiro atoms. The van der Waals surface area contributed by atoms with Crippen LogP contribution in [0.4, 0.5) is 5.88 Å². The Morgan fingerprint density at radius 1 is 1.30 bits per heavy atom. The highest BCUT2D eigenvalue weighted by molar-refractivity contribution is 6.30. The van der Waals surface area contributed by atoms with Gasteiger partial charge in [0, 0.05) is 5.02 Å². The molecule has 0 saturated carbocycles. The summed E-state index contributed by atoms with van der Waals surface area (Å²) >= 11 is 5.78. The van der Waals surface area contributed by atoms with Crippen LogP contribution in [0.25, 0.3) is 0 Å². The van der Waals surface area contributed by atoms with Gasteiger partial charge in [0.1, 0.15) is 4.92 Å². The number of nitrogens with zero attached hydrogens (tertiary/aromatic N) is 1. The fraction of sp³-hybridized carbons (Fsp3) is 0.154. The molecular formula is C13H11ClN2O4. The molecule has 0 bridgehead atoms. The van der Waals surface area contributed by atoms with E-state index in [9.17, 15) is 14.9 Å². The Labute approximate surface area is 119 Å². The van der Waals surface area contributed by atoms with Crippen LogP contribution < -0.4 is 5.32 Å². The second kappa shape index (κ2) is 5.75. The molecule has 1 unspecified atom stereocenters. The van der Waals surface area contributed by atoms with Crippen molar-refractivity contribution in [2.75, 3.05) is 0 Å². The molecule has 1 amide bonds. The van der Waals surface area contributed by atoms with E-state index in [1.54, 1.807) is 31.2 Å². The van der Waals surface area contributed by atoms with Crippen molar-refractivity contribution in [2.45, 2.75) is 13.0 Å². The molecule has 0 fully saturated rings. The zero-order chi connectivity index (χ0) is 14.7. The van der Waals surface area contributed by atoms with E-state index in [1.165, 1.54) is 6.07 Å². The monoisotopic (exact) mass is 294 g/mol. The van der Waals surface area contributed by atoms with E-state index in [-0.39, 0.29) is 11.8 Å². The van der Waals surface area contributed by atoms with Gasteiger partial charge in [-0.1, -0.05) is 23.7 Å². The topological polar surface area (TPSA) is 85.4 Å². The lowest BCUT2D eigenvalue weighted by Crippen LogP contribution is -2.26. The predicted molar refractivity (Wildman–Crippen MR) is 72.7 cm³/mol. The van der Waals surface area contributed by atoms with Gasteiger partial charge in [0.15, 0.2) is 5.76 Å². The van der Waals surface area contributed by atoms with E-state index in [1.807, 2.05) is 0 Å². The third kappa shape index (κ3) is 3.16. The molecule has 1 aromatic heterocycles. The Morgan fingerprint density at radius 2 is 1.95 bits per heavy atom. The van der Waals surface area contributed by atoms with Crippen molar-refractivity contribution >= 4 is 23.4 Å². The van der Waals surface area contributed by atoms with Gasteiger partial charge >= 0.3 is 5.88 Å². The summed E-state index contributed by atoms with van der Waals surface area (Å²) in [4.78, 5) is 21.7. The van der Waals surface area contributed by atoms with Crippen LogP contribution in [-0.2, 0) is 0 Å². The van der Waals surface area contributed by atoms with Gasteiger partial charge in [0.2, 0.25) is 0 Å². The van der Waals surface area contributed by atoms with Gasteiger partial charge in [-0.25, -0.2) is 0 Å². The molecule has 7 heteroatoms. The van der Waals surface area contributed by atoms with Gasteiger partial charge in [-0.3, -0.25) is 14.9 Å². The number of carbonyl (C=O) groups is 1. The fourth-order valence-electron chi connectivity index (χ4n) is 1.65. The molecule has 2 rings (SSSR count). The van der Waals surface area contributed by atoms with Crippen LogP contribution >= 0.6 is 11.6 Å². The Hall–Kier alpha value is -2.34. The van der Waals surface area contributed by atoms with Crippen molar-refractivity contribution in [1.82, 2.24) is 5.32 Å². The molecule has 0 aliphatic heterocycles. The summed E-state index contributed by atoms with van der Waals surface area (Å²) < 4.78 is 4.83. The van der Waals surface area contributed by atoms with Gasteiger partial charge < -0.3 is 9.73 Å². The largest absolute Gasteiger partial charge is 0.433 e. The van der Waals surface area contributed by atoms with E-state index in [0.29, 0.717) is 5.02 Å². The molecule has 1 N–H and O–H groups in total. The standard InChI is InChI=1S/C13H11ClN2O4/c1-8(9-2-4-10(14)5-3-9)15-13(17)11-6-7-12(20-11)16(18)19/h2-8H,1H3,(H,15,17). The van der Waals surface area contributed by atoms with Gasteiger partial charge in [0.25, 0.3) is 5.91 Å². The minimum atomic E-state index is -0.695. The summed E-state index contributed by atoms with van der Waals surface area (Å²) in [6, 6.07) is 9.15. The maximum atomic E-state index is 11.9. The normalized spacial score (nSPS) is 11.9. The van der Waals surface area contributed by atoms with Crippen LogP contribution in [0.1, 0.15) is 29.1 Å². The summed E-state index contributed by atoms with van der Waals surface area (Å²) in [6.45, 7) is 1.79. The molecule has 2 aromatic rings. The van der Waals surface area contributed by atoms with Crippen LogP contribution in [0, 0.1) is 10.1 Å². The molecule has 0 saturated heterocycles. The highest BCUT2D eigenvalue weighted by atomic mass is 35.5. The minimum Gasteiger partial charge on any atom is -0.395 e. The number of rotatable bonds is 4. The summed E-state index contributed by atoms with van der Waals surface area (Å²) in [7, 11) is 0. The number of halogens is 1. The quantitative estimate of drug-likeness (QED) is 0.692. The van der Waals surface area contributed by atoms with E-state index in [0.717, 1.165) is 11.6 Å². The van der Waals surface area contributed by atoms with Gasteiger partial charge in [-0.2, -0.15) is 0 Å². The first-order valence-electron chi connectivity index (χ1n) is 5.78. The molecule has 20 heavy (non-hydrogen) atoms. The summed E-state index contributed by atoms with van der Waals surface area (Å²) in [5.41, 5.74) is 0.865. The average molecular weight is 295 g/mol. The van der Waals surface area contributed by atoms with E-state index < -0.39 is 16.7 Å². The molecule has 0 radical (unpaired) electrons. The Balaban J connectivity index is 2.06. The first kappa shape index (κ1) is 14.1. The maximum absolute atomic E-state index is 11.9. The van der Waals surface area contributed by atoms with Crippen molar-refractivity contribution in [3.8, 4) is 0 Å². The number of hydrogen-bond acceptors (Lipinski definition) is 4. The van der Waals surface area contributed by atoms with Gasteiger partial charge in [0.05, 0.1) is 12.1 Å². The van der Waals surface area contributed by atoms with Crippen LogP contribution in [-0.4, -0.2) is 10.8 Å². The molecule has 6 nitrogen and oxygen atoms in total. The first-order valence-corrected chi connectivity index (χ1v) is 6.15. The number of furan rings is 1. The lowest BCUT2D eigenvalue weighted by Gasteiger charge is -2.13. The third-order valence-electron chi connectivity index (χ3n) is 2.71. The Morgan fingerprint density at radius 3 is 2.50 bits per heavy atom. The zero-order valence-corrected chi connectivity index (χ0v) is 11.3. The smallest absolute Gasteiger partial charge is 0.395 e. The van der Waals surface area contributed by atoms with E-state index >= 15 is 0 Å². The molecule has 0 aliphatic carbocycles. The Bertz CT molecular complexity index is 636. The van der Waals surface area contributed by atoms with E-state index in [2.05, 4.69) is 5.32 Å². The fourth-order valence-corrected chi connectivity index (χ4v) is 1.78. The molecule has 104 valence electrons. The highest BCUT2D eigenvalue weighted by Gasteiger charge is 2.19. The van der Waals surface area contributed by atoms with Crippen molar-refractivity contribution < 1.29 is 14.1 Å². The molecular weight excluding hydrogens is 284 g/mol. The number of nitrogens with one attached hydrogen (secondary N) is 1. The number of benzene rings is 1. The van der Waals surface area contributed by atoms with Crippen LogP contribution in [0.3, 0.4) is 0 Å². The first-order chi connectivity index (χ1) is 9.47. The minimum absolute atomic E-state index is 0.0995. The number of carbonyl (C=O) groups excluding carboxylic acids is 1. The molecule has 0 aliphatic rings. The predicted octanol–water partition coefficient (Wildman–Crippen LogP) is 3.33. The van der Waals surface area contributed by atoms with Crippen LogP contribution in [0.15, 0.2) is 40.8 Å². The van der Waals surface area contributed by atoms with Gasteiger partial charge in [-0.05, 0) is 30.7 Å².